The molecule has 1 heterocycles. The third-order valence-electron chi connectivity index (χ3n) is 5.64. The van der Waals surface area contributed by atoms with Gasteiger partial charge in [-0.15, -0.1) is 0 Å². The van der Waals surface area contributed by atoms with E-state index in [1.54, 1.807) is 4.90 Å². The highest BCUT2D eigenvalue weighted by molar-refractivity contribution is 6.36. The van der Waals surface area contributed by atoms with Crippen LogP contribution in [0.1, 0.15) is 27.0 Å². The minimum Gasteiger partial charge on any atom is -0.380 e. The van der Waals surface area contributed by atoms with E-state index in [1.807, 2.05) is 61.5 Å². The highest BCUT2D eigenvalue weighted by atomic mass is 35.5. The highest BCUT2D eigenvalue weighted by Crippen LogP contribution is 2.40. The SMILES string of the molecule is C=C(C=O)CN1Cc2c(-c3cc(Cl)c(C)c(Cl)c3)ccc(NCc3ccccc3)c2C1=O.CN. The Labute approximate surface area is 210 Å². The third kappa shape index (κ3) is 5.33. The molecule has 0 saturated heterocycles. The zero-order chi connectivity index (χ0) is 24.8. The van der Waals surface area contributed by atoms with Crippen LogP contribution in [-0.2, 0) is 17.9 Å². The minimum absolute atomic E-state index is 0.135. The molecule has 3 aromatic carbocycles. The van der Waals surface area contributed by atoms with Gasteiger partial charge in [0.15, 0.2) is 0 Å². The fourth-order valence-corrected chi connectivity index (χ4v) is 4.39. The molecule has 0 aromatic heterocycles. The number of carbonyl (C=O) groups excluding carboxylic acids is 2. The first-order chi connectivity index (χ1) is 16.4. The molecule has 0 radical (unpaired) electrons. The summed E-state index contributed by atoms with van der Waals surface area (Å²) in [6.45, 7) is 6.75. The van der Waals surface area contributed by atoms with E-state index >= 15 is 0 Å². The number of fused-ring (bicyclic) bond motifs is 1. The van der Waals surface area contributed by atoms with Crippen LogP contribution in [0.5, 0.6) is 0 Å². The number of nitrogens with one attached hydrogen (secondary N) is 1. The average molecular weight is 496 g/mol. The zero-order valence-electron chi connectivity index (χ0n) is 19.2. The van der Waals surface area contributed by atoms with Crippen LogP contribution in [0.2, 0.25) is 10.0 Å². The second-order valence-corrected chi connectivity index (χ2v) is 8.67. The summed E-state index contributed by atoms with van der Waals surface area (Å²) in [6, 6.07) is 17.6. The summed E-state index contributed by atoms with van der Waals surface area (Å²) in [5, 5.41) is 4.54. The fraction of sp³-hybridized carbons (Fsp3) is 0.185. The van der Waals surface area contributed by atoms with Crippen LogP contribution in [0, 0.1) is 6.92 Å². The van der Waals surface area contributed by atoms with Gasteiger partial charge in [-0.2, -0.15) is 0 Å². The van der Waals surface area contributed by atoms with Gasteiger partial charge in [0.25, 0.3) is 5.91 Å². The molecule has 0 fully saturated rings. The van der Waals surface area contributed by atoms with E-state index in [0.717, 1.165) is 33.5 Å². The van der Waals surface area contributed by atoms with Gasteiger partial charge in [-0.05, 0) is 60.0 Å². The lowest BCUT2D eigenvalue weighted by Gasteiger charge is -2.15. The molecule has 0 unspecified atom stereocenters. The van der Waals surface area contributed by atoms with Crippen molar-refractivity contribution in [2.75, 3.05) is 18.9 Å². The van der Waals surface area contributed by atoms with Crippen LogP contribution in [-0.4, -0.2) is 30.7 Å². The number of hydrogen-bond acceptors (Lipinski definition) is 4. The predicted octanol–water partition coefficient (Wildman–Crippen LogP) is 5.87. The maximum atomic E-state index is 13.3. The lowest BCUT2D eigenvalue weighted by Crippen LogP contribution is -2.26. The van der Waals surface area contributed by atoms with Crippen LogP contribution in [0.4, 0.5) is 5.69 Å². The van der Waals surface area contributed by atoms with Crippen molar-refractivity contribution in [3.8, 4) is 11.1 Å². The summed E-state index contributed by atoms with van der Waals surface area (Å²) >= 11 is 12.8. The molecule has 34 heavy (non-hydrogen) atoms. The predicted molar refractivity (Wildman–Crippen MR) is 140 cm³/mol. The first kappa shape index (κ1) is 25.5. The van der Waals surface area contributed by atoms with Gasteiger partial charge in [-0.3, -0.25) is 9.59 Å². The largest absolute Gasteiger partial charge is 0.380 e. The molecule has 7 heteroatoms. The van der Waals surface area contributed by atoms with Crippen molar-refractivity contribution >= 4 is 41.1 Å². The molecule has 4 rings (SSSR count). The highest BCUT2D eigenvalue weighted by Gasteiger charge is 2.32. The smallest absolute Gasteiger partial charge is 0.256 e. The lowest BCUT2D eigenvalue weighted by molar-refractivity contribution is -0.105. The standard InChI is InChI=1S/C26H22Cl2N2O2.CH5N/c1-16(15-31)13-30-14-21-20(19-10-22(27)17(2)23(28)11-19)8-9-24(25(21)26(30)32)29-12-18-6-4-3-5-7-18;1-2/h3-11,15,29H,1,12-14H2,2H3;2H2,1H3. The van der Waals surface area contributed by atoms with E-state index in [0.29, 0.717) is 40.6 Å². The van der Waals surface area contributed by atoms with Crippen molar-refractivity contribution in [1.82, 2.24) is 4.90 Å². The van der Waals surface area contributed by atoms with E-state index in [4.69, 9.17) is 23.2 Å². The van der Waals surface area contributed by atoms with Gasteiger partial charge in [-0.25, -0.2) is 0 Å². The van der Waals surface area contributed by atoms with Gasteiger partial charge in [0.2, 0.25) is 0 Å². The number of halogens is 2. The van der Waals surface area contributed by atoms with E-state index in [9.17, 15) is 9.59 Å². The molecule has 3 N–H and O–H groups in total. The van der Waals surface area contributed by atoms with Gasteiger partial charge in [0, 0.05) is 40.9 Å². The van der Waals surface area contributed by atoms with Crippen molar-refractivity contribution in [3.05, 3.63) is 99.0 Å². The summed E-state index contributed by atoms with van der Waals surface area (Å²) in [5.41, 5.74) is 10.7. The van der Waals surface area contributed by atoms with Gasteiger partial charge in [-0.1, -0.05) is 66.2 Å². The number of amides is 1. The molecule has 1 amide bonds. The van der Waals surface area contributed by atoms with E-state index in [2.05, 4.69) is 17.6 Å². The number of rotatable bonds is 7. The quantitative estimate of drug-likeness (QED) is 0.317. The first-order valence-corrected chi connectivity index (χ1v) is 11.5. The Morgan fingerprint density at radius 3 is 2.38 bits per heavy atom. The van der Waals surface area contributed by atoms with Crippen molar-refractivity contribution in [1.29, 1.82) is 0 Å². The zero-order valence-corrected chi connectivity index (χ0v) is 20.7. The second-order valence-electron chi connectivity index (χ2n) is 7.86. The number of carbonyl (C=O) groups is 2. The Kier molecular flexibility index (Phi) is 8.51. The van der Waals surface area contributed by atoms with Crippen LogP contribution >= 0.6 is 23.2 Å². The molecule has 1 aliphatic rings. The summed E-state index contributed by atoms with van der Waals surface area (Å²) < 4.78 is 0. The van der Waals surface area contributed by atoms with E-state index in [-0.39, 0.29) is 12.5 Å². The van der Waals surface area contributed by atoms with Crippen LogP contribution in [0.25, 0.3) is 11.1 Å². The monoisotopic (exact) mass is 495 g/mol. The number of benzene rings is 3. The van der Waals surface area contributed by atoms with Crippen molar-refractivity contribution in [3.63, 3.8) is 0 Å². The first-order valence-electron chi connectivity index (χ1n) is 10.8. The van der Waals surface area contributed by atoms with Crippen LogP contribution < -0.4 is 11.1 Å². The molecule has 0 bridgehead atoms. The maximum Gasteiger partial charge on any atom is 0.256 e. The molecular weight excluding hydrogens is 469 g/mol. The normalized spacial score (nSPS) is 12.0. The molecule has 0 aliphatic carbocycles. The van der Waals surface area contributed by atoms with Crippen LogP contribution in [0.15, 0.2) is 66.7 Å². The molecule has 0 spiro atoms. The van der Waals surface area contributed by atoms with Gasteiger partial charge in [0.05, 0.1) is 5.56 Å². The Morgan fingerprint density at radius 2 is 1.76 bits per heavy atom. The maximum absolute atomic E-state index is 13.3. The number of nitrogens with two attached hydrogens (primary N) is 1. The fourth-order valence-electron chi connectivity index (χ4n) is 3.90. The van der Waals surface area contributed by atoms with Crippen molar-refractivity contribution in [2.45, 2.75) is 20.0 Å². The molecule has 1 aliphatic heterocycles. The topological polar surface area (TPSA) is 75.4 Å². The number of nitrogens with zero attached hydrogens (tertiary/aromatic N) is 1. The van der Waals surface area contributed by atoms with E-state index < -0.39 is 0 Å². The van der Waals surface area contributed by atoms with Crippen molar-refractivity contribution < 1.29 is 9.59 Å². The molecule has 176 valence electrons. The summed E-state index contributed by atoms with van der Waals surface area (Å²) in [7, 11) is 1.50. The molecule has 0 saturated carbocycles. The molecule has 3 aromatic rings. The van der Waals surface area contributed by atoms with Gasteiger partial charge in [0.1, 0.15) is 6.29 Å². The van der Waals surface area contributed by atoms with Gasteiger partial charge >= 0.3 is 0 Å². The second kappa shape index (κ2) is 11.3. The minimum atomic E-state index is -0.135. The Bertz CT molecular complexity index is 1200. The van der Waals surface area contributed by atoms with Gasteiger partial charge < -0.3 is 16.0 Å². The summed E-state index contributed by atoms with van der Waals surface area (Å²) in [5.74, 6) is -0.135. The van der Waals surface area contributed by atoms with Crippen LogP contribution in [0.3, 0.4) is 0 Å². The average Bonchev–Trinajstić information content (AvgIpc) is 3.18. The summed E-state index contributed by atoms with van der Waals surface area (Å²) in [4.78, 5) is 26.1. The lowest BCUT2D eigenvalue weighted by atomic mass is 9.95. The third-order valence-corrected chi connectivity index (χ3v) is 6.43. The number of anilines is 1. The molecular formula is C27H27Cl2N3O2. The molecule has 5 nitrogen and oxygen atoms in total. The number of hydrogen-bond donors (Lipinski definition) is 2. The van der Waals surface area contributed by atoms with E-state index in [1.165, 1.54) is 7.05 Å². The molecule has 0 atom stereocenters. The number of aldehydes is 1. The Hall–Kier alpha value is -3.12. The Morgan fingerprint density at radius 1 is 1.12 bits per heavy atom. The van der Waals surface area contributed by atoms with Crippen molar-refractivity contribution in [2.24, 2.45) is 5.73 Å². The summed E-state index contributed by atoms with van der Waals surface area (Å²) in [6.07, 6.45) is 0.686. The Balaban J connectivity index is 0.00000158.